The van der Waals surface area contributed by atoms with Crippen molar-refractivity contribution in [1.29, 1.82) is 0 Å². The standard InChI is InChI=1S/C11H11IN2O/c1-8-4-2-3-5-9(8)6-7-10-13-11(12)14-15-10/h2-5H,6-7H2,1H3. The van der Waals surface area contributed by atoms with E-state index in [0.29, 0.717) is 9.72 Å². The molecule has 1 heterocycles. The number of halogens is 1. The van der Waals surface area contributed by atoms with E-state index >= 15 is 0 Å². The molecule has 2 aromatic rings. The fourth-order valence-electron chi connectivity index (χ4n) is 1.47. The number of rotatable bonds is 3. The minimum atomic E-state index is 0.674. The third-order valence-electron chi connectivity index (χ3n) is 2.31. The van der Waals surface area contributed by atoms with Gasteiger partial charge in [-0.05, 0) is 24.5 Å². The summed E-state index contributed by atoms with van der Waals surface area (Å²) in [5.74, 6) is 0.711. The van der Waals surface area contributed by atoms with Crippen LogP contribution in [0.25, 0.3) is 0 Å². The first-order valence-electron chi connectivity index (χ1n) is 4.78. The van der Waals surface area contributed by atoms with E-state index < -0.39 is 0 Å². The molecule has 1 aromatic heterocycles. The lowest BCUT2D eigenvalue weighted by molar-refractivity contribution is 0.374. The minimum absolute atomic E-state index is 0.674. The molecular formula is C11H11IN2O. The lowest BCUT2D eigenvalue weighted by Gasteiger charge is -2.02. The first-order chi connectivity index (χ1) is 7.25. The molecule has 0 radical (unpaired) electrons. The van der Waals surface area contributed by atoms with Crippen LogP contribution in [0.2, 0.25) is 0 Å². The van der Waals surface area contributed by atoms with Crippen molar-refractivity contribution >= 4 is 22.6 Å². The first kappa shape index (κ1) is 10.6. The van der Waals surface area contributed by atoms with E-state index in [2.05, 4.69) is 41.3 Å². The van der Waals surface area contributed by atoms with Gasteiger partial charge in [0.1, 0.15) is 0 Å². The molecule has 0 saturated carbocycles. The third-order valence-corrected chi connectivity index (χ3v) is 2.75. The van der Waals surface area contributed by atoms with Crippen LogP contribution in [0.1, 0.15) is 17.0 Å². The summed E-state index contributed by atoms with van der Waals surface area (Å²) in [6, 6.07) is 8.36. The van der Waals surface area contributed by atoms with Gasteiger partial charge in [0.2, 0.25) is 9.72 Å². The molecule has 0 aliphatic rings. The lowest BCUT2D eigenvalue weighted by atomic mass is 10.0. The molecule has 0 atom stereocenters. The van der Waals surface area contributed by atoms with Crippen LogP contribution in [-0.2, 0) is 12.8 Å². The summed E-state index contributed by atoms with van der Waals surface area (Å²) in [5, 5.41) is 3.75. The predicted octanol–water partition coefficient (Wildman–Crippen LogP) is 2.77. The molecule has 0 fully saturated rings. The lowest BCUT2D eigenvalue weighted by Crippen LogP contribution is -1.94. The van der Waals surface area contributed by atoms with Crippen molar-refractivity contribution in [3.8, 4) is 0 Å². The monoisotopic (exact) mass is 314 g/mol. The van der Waals surface area contributed by atoms with Gasteiger partial charge < -0.3 is 4.52 Å². The first-order valence-corrected chi connectivity index (χ1v) is 5.86. The summed E-state index contributed by atoms with van der Waals surface area (Å²) in [7, 11) is 0. The second-order valence-corrected chi connectivity index (χ2v) is 4.35. The fourth-order valence-corrected chi connectivity index (χ4v) is 1.84. The molecule has 0 spiro atoms. The minimum Gasteiger partial charge on any atom is -0.339 e. The normalized spacial score (nSPS) is 10.5. The Labute approximate surface area is 102 Å². The van der Waals surface area contributed by atoms with Crippen molar-refractivity contribution < 1.29 is 4.52 Å². The summed E-state index contributed by atoms with van der Waals surface area (Å²) in [4.78, 5) is 4.16. The van der Waals surface area contributed by atoms with Gasteiger partial charge in [0.25, 0.3) is 0 Å². The molecule has 78 valence electrons. The fraction of sp³-hybridized carbons (Fsp3) is 0.273. The molecule has 15 heavy (non-hydrogen) atoms. The van der Waals surface area contributed by atoms with Gasteiger partial charge in [-0.2, -0.15) is 4.98 Å². The maximum atomic E-state index is 5.06. The molecule has 0 aliphatic carbocycles. The van der Waals surface area contributed by atoms with Crippen LogP contribution < -0.4 is 0 Å². The Hall–Kier alpha value is -0.910. The Morgan fingerprint density at radius 3 is 2.73 bits per heavy atom. The Morgan fingerprint density at radius 2 is 2.07 bits per heavy atom. The summed E-state index contributed by atoms with van der Waals surface area (Å²) < 4.78 is 5.73. The second kappa shape index (κ2) is 4.74. The predicted molar refractivity (Wildman–Crippen MR) is 65.6 cm³/mol. The topological polar surface area (TPSA) is 38.9 Å². The van der Waals surface area contributed by atoms with Gasteiger partial charge in [0.15, 0.2) is 0 Å². The van der Waals surface area contributed by atoms with E-state index in [1.54, 1.807) is 0 Å². The zero-order valence-corrected chi connectivity index (χ0v) is 10.6. The summed E-state index contributed by atoms with van der Waals surface area (Å²) in [5.41, 5.74) is 2.65. The van der Waals surface area contributed by atoms with E-state index in [1.165, 1.54) is 11.1 Å². The number of benzene rings is 1. The molecule has 3 nitrogen and oxygen atoms in total. The van der Waals surface area contributed by atoms with Gasteiger partial charge >= 0.3 is 0 Å². The molecule has 0 N–H and O–H groups in total. The molecule has 0 saturated heterocycles. The zero-order chi connectivity index (χ0) is 10.7. The van der Waals surface area contributed by atoms with Crippen LogP contribution in [0.4, 0.5) is 0 Å². The average molecular weight is 314 g/mol. The van der Waals surface area contributed by atoms with Crippen molar-refractivity contribution in [3.05, 3.63) is 45.1 Å². The Kier molecular flexibility index (Phi) is 3.35. The number of aromatic nitrogens is 2. The third kappa shape index (κ3) is 2.77. The number of nitrogens with zero attached hydrogens (tertiary/aromatic N) is 2. The SMILES string of the molecule is Cc1ccccc1CCc1nc(I)no1. The van der Waals surface area contributed by atoms with Crippen LogP contribution in [0, 0.1) is 10.8 Å². The van der Waals surface area contributed by atoms with E-state index in [0.717, 1.165) is 12.8 Å². The van der Waals surface area contributed by atoms with E-state index in [-0.39, 0.29) is 0 Å². The van der Waals surface area contributed by atoms with Crippen LogP contribution in [-0.4, -0.2) is 10.1 Å². The van der Waals surface area contributed by atoms with Gasteiger partial charge in [-0.15, -0.1) is 0 Å². The maximum Gasteiger partial charge on any atom is 0.232 e. The van der Waals surface area contributed by atoms with Crippen molar-refractivity contribution in [2.75, 3.05) is 0 Å². The summed E-state index contributed by atoms with van der Waals surface area (Å²) >= 11 is 2.05. The van der Waals surface area contributed by atoms with Crippen LogP contribution in [0.3, 0.4) is 0 Å². The number of aryl methyl sites for hydroxylation is 3. The maximum absolute atomic E-state index is 5.06. The molecule has 2 rings (SSSR count). The summed E-state index contributed by atoms with van der Waals surface area (Å²) in [6.07, 6.45) is 1.76. The van der Waals surface area contributed by atoms with Crippen molar-refractivity contribution in [2.24, 2.45) is 0 Å². The molecule has 0 bridgehead atoms. The zero-order valence-electron chi connectivity index (χ0n) is 8.40. The highest BCUT2D eigenvalue weighted by Crippen LogP contribution is 2.10. The van der Waals surface area contributed by atoms with Crippen LogP contribution in [0.5, 0.6) is 0 Å². The molecule has 0 amide bonds. The Bertz CT molecular complexity index is 453. The highest BCUT2D eigenvalue weighted by molar-refractivity contribution is 14.1. The van der Waals surface area contributed by atoms with Gasteiger partial charge in [-0.1, -0.05) is 29.4 Å². The van der Waals surface area contributed by atoms with Crippen molar-refractivity contribution in [2.45, 2.75) is 19.8 Å². The summed E-state index contributed by atoms with van der Waals surface area (Å²) in [6.45, 7) is 2.12. The Balaban J connectivity index is 2.02. The highest BCUT2D eigenvalue weighted by atomic mass is 127. The largest absolute Gasteiger partial charge is 0.339 e. The Morgan fingerprint density at radius 1 is 1.27 bits per heavy atom. The molecule has 4 heteroatoms. The average Bonchev–Trinajstić information content (AvgIpc) is 2.63. The van der Waals surface area contributed by atoms with Gasteiger partial charge in [-0.25, -0.2) is 0 Å². The number of hydrogen-bond acceptors (Lipinski definition) is 3. The smallest absolute Gasteiger partial charge is 0.232 e. The van der Waals surface area contributed by atoms with Gasteiger partial charge in [-0.3, -0.25) is 0 Å². The van der Waals surface area contributed by atoms with Crippen LogP contribution >= 0.6 is 22.6 Å². The van der Waals surface area contributed by atoms with Crippen molar-refractivity contribution in [1.82, 2.24) is 10.1 Å². The quantitative estimate of drug-likeness (QED) is 0.818. The van der Waals surface area contributed by atoms with E-state index in [9.17, 15) is 0 Å². The molecule has 0 aliphatic heterocycles. The second-order valence-electron chi connectivity index (χ2n) is 3.38. The van der Waals surface area contributed by atoms with Gasteiger partial charge in [0, 0.05) is 29.0 Å². The van der Waals surface area contributed by atoms with E-state index in [1.807, 2.05) is 22.6 Å². The van der Waals surface area contributed by atoms with Gasteiger partial charge in [0.05, 0.1) is 0 Å². The van der Waals surface area contributed by atoms with E-state index in [4.69, 9.17) is 4.52 Å². The molecule has 1 aromatic carbocycles. The number of hydrogen-bond donors (Lipinski definition) is 0. The molecular weight excluding hydrogens is 303 g/mol. The van der Waals surface area contributed by atoms with Crippen LogP contribution in [0.15, 0.2) is 28.8 Å². The van der Waals surface area contributed by atoms with Crippen molar-refractivity contribution in [3.63, 3.8) is 0 Å². The molecule has 0 unspecified atom stereocenters. The highest BCUT2D eigenvalue weighted by Gasteiger charge is 2.04.